The van der Waals surface area contributed by atoms with Crippen LogP contribution in [0.4, 0.5) is 0 Å². The largest absolute Gasteiger partial charge is 0.496 e. The van der Waals surface area contributed by atoms with E-state index in [0.29, 0.717) is 11.8 Å². The van der Waals surface area contributed by atoms with Crippen molar-refractivity contribution in [2.45, 2.75) is 24.3 Å². The fourth-order valence-corrected chi connectivity index (χ4v) is 4.85. The molecule has 1 fully saturated rings. The average Bonchev–Trinajstić information content (AvgIpc) is 3.68. The Bertz CT molecular complexity index is 1380. The van der Waals surface area contributed by atoms with Crippen molar-refractivity contribution < 1.29 is 4.74 Å². The van der Waals surface area contributed by atoms with Gasteiger partial charge in [-0.2, -0.15) is 0 Å². The number of hydrogen-bond acceptors (Lipinski definition) is 6. The van der Waals surface area contributed by atoms with Crippen LogP contribution in [-0.4, -0.2) is 27.9 Å². The van der Waals surface area contributed by atoms with E-state index in [4.69, 9.17) is 15.5 Å². The molecule has 4 aromatic rings. The monoisotopic (exact) mass is 433 g/mol. The van der Waals surface area contributed by atoms with Gasteiger partial charge in [0.2, 0.25) is 0 Å². The van der Waals surface area contributed by atoms with Crippen LogP contribution in [0.5, 0.6) is 5.75 Å². The molecule has 3 heterocycles. The lowest BCUT2D eigenvalue weighted by molar-refractivity contribution is 0.409. The van der Waals surface area contributed by atoms with Crippen LogP contribution in [0.3, 0.4) is 0 Å². The van der Waals surface area contributed by atoms with E-state index in [2.05, 4.69) is 57.4 Å². The summed E-state index contributed by atoms with van der Waals surface area (Å²) in [4.78, 5) is 18.0. The van der Waals surface area contributed by atoms with Gasteiger partial charge in [0.05, 0.1) is 7.11 Å². The number of amidine groups is 1. The molecule has 6 rings (SSSR count). The average molecular weight is 434 g/mol. The smallest absolute Gasteiger partial charge is 0.146 e. The number of ether oxygens (including phenoxy) is 1. The van der Waals surface area contributed by atoms with E-state index >= 15 is 0 Å². The summed E-state index contributed by atoms with van der Waals surface area (Å²) in [6, 6.07) is 18.8. The Kier molecular flexibility index (Phi) is 4.47. The second-order valence-electron chi connectivity index (χ2n) is 8.55. The Labute approximate surface area is 192 Å². The van der Waals surface area contributed by atoms with Crippen molar-refractivity contribution >= 4 is 5.84 Å². The van der Waals surface area contributed by atoms with Crippen molar-refractivity contribution in [3.8, 4) is 16.9 Å². The molecule has 1 aliphatic heterocycles. The van der Waals surface area contributed by atoms with Crippen LogP contribution in [0, 0.1) is 0 Å². The Balaban J connectivity index is 1.62. The van der Waals surface area contributed by atoms with E-state index in [-0.39, 0.29) is 0 Å². The summed E-state index contributed by atoms with van der Waals surface area (Å²) in [5.41, 5.74) is 12.6. The molecule has 0 bridgehead atoms. The summed E-state index contributed by atoms with van der Waals surface area (Å²) in [7, 11) is 1.73. The molecule has 2 aromatic carbocycles. The van der Waals surface area contributed by atoms with Crippen molar-refractivity contribution in [3.63, 3.8) is 0 Å². The number of methoxy groups -OCH3 is 1. The minimum Gasteiger partial charge on any atom is -0.496 e. The standard InChI is InChI=1S/C27H23N5O/c1-33-24-10-9-21(13-22(24)17-7-8-17)27(23-6-3-11-31-25(23)26(28)32-27)20-5-2-4-18(12-20)19-14-29-16-30-15-19/h2-6,9-17H,7-8H2,1H3,(H2,28,32). The van der Waals surface area contributed by atoms with Gasteiger partial charge in [-0.15, -0.1) is 0 Å². The molecule has 33 heavy (non-hydrogen) atoms. The lowest BCUT2D eigenvalue weighted by Gasteiger charge is -2.30. The number of benzene rings is 2. The second kappa shape index (κ2) is 7.52. The zero-order chi connectivity index (χ0) is 22.4. The van der Waals surface area contributed by atoms with Gasteiger partial charge < -0.3 is 10.5 Å². The molecule has 0 amide bonds. The maximum atomic E-state index is 6.45. The SMILES string of the molecule is COc1ccc(C2(c3cccc(-c4cncnc4)c3)N=C(N)c3ncccc32)cc1C1CC1. The summed E-state index contributed by atoms with van der Waals surface area (Å²) in [6.07, 6.45) is 9.30. The Morgan fingerprint density at radius 3 is 2.55 bits per heavy atom. The van der Waals surface area contributed by atoms with Gasteiger partial charge in [-0.3, -0.25) is 4.98 Å². The molecule has 0 radical (unpaired) electrons. The first-order chi connectivity index (χ1) is 16.2. The van der Waals surface area contributed by atoms with Gasteiger partial charge in [0, 0.05) is 29.7 Å². The van der Waals surface area contributed by atoms with Gasteiger partial charge in [-0.25, -0.2) is 15.0 Å². The molecule has 1 saturated carbocycles. The van der Waals surface area contributed by atoms with Crippen LogP contribution in [0.1, 0.15) is 46.7 Å². The van der Waals surface area contributed by atoms with Crippen LogP contribution in [0.2, 0.25) is 0 Å². The second-order valence-corrected chi connectivity index (χ2v) is 8.55. The predicted octanol–water partition coefficient (Wildman–Crippen LogP) is 4.44. The summed E-state index contributed by atoms with van der Waals surface area (Å²) in [5.74, 6) is 1.90. The molecule has 0 saturated heterocycles. The van der Waals surface area contributed by atoms with Gasteiger partial charge in [0.25, 0.3) is 0 Å². The highest BCUT2D eigenvalue weighted by Gasteiger charge is 2.44. The highest BCUT2D eigenvalue weighted by molar-refractivity contribution is 6.01. The summed E-state index contributed by atoms with van der Waals surface area (Å²) < 4.78 is 5.68. The third-order valence-electron chi connectivity index (χ3n) is 6.57. The maximum absolute atomic E-state index is 6.45. The third kappa shape index (κ3) is 3.09. The minimum absolute atomic E-state index is 0.447. The molecule has 0 spiro atoms. The quantitative estimate of drug-likeness (QED) is 0.503. The third-order valence-corrected chi connectivity index (χ3v) is 6.57. The van der Waals surface area contributed by atoms with Crippen molar-refractivity contribution in [2.75, 3.05) is 7.11 Å². The maximum Gasteiger partial charge on any atom is 0.146 e. The lowest BCUT2D eigenvalue weighted by atomic mass is 9.77. The molecule has 1 unspecified atom stereocenters. The minimum atomic E-state index is -0.796. The van der Waals surface area contributed by atoms with Crippen LogP contribution in [0.25, 0.3) is 11.1 Å². The number of nitrogens with two attached hydrogens (primary N) is 1. The van der Waals surface area contributed by atoms with E-state index in [9.17, 15) is 0 Å². The predicted molar refractivity (Wildman–Crippen MR) is 127 cm³/mol. The summed E-state index contributed by atoms with van der Waals surface area (Å²) in [6.45, 7) is 0. The van der Waals surface area contributed by atoms with Gasteiger partial charge in [0.15, 0.2) is 0 Å². The van der Waals surface area contributed by atoms with Gasteiger partial charge in [0.1, 0.15) is 29.1 Å². The van der Waals surface area contributed by atoms with Gasteiger partial charge in [-0.1, -0.05) is 30.3 Å². The molecular weight excluding hydrogens is 410 g/mol. The van der Waals surface area contributed by atoms with Crippen LogP contribution in [0.15, 0.2) is 84.5 Å². The Morgan fingerprint density at radius 1 is 0.939 bits per heavy atom. The van der Waals surface area contributed by atoms with Crippen molar-refractivity contribution in [2.24, 2.45) is 10.7 Å². The van der Waals surface area contributed by atoms with E-state index < -0.39 is 5.54 Å². The number of pyridine rings is 1. The van der Waals surface area contributed by atoms with Crippen molar-refractivity contribution in [1.29, 1.82) is 0 Å². The van der Waals surface area contributed by atoms with E-state index in [1.54, 1.807) is 13.3 Å². The number of hydrogen-bond donors (Lipinski definition) is 1. The topological polar surface area (TPSA) is 86.3 Å². The Hall–Kier alpha value is -4.06. The first-order valence-electron chi connectivity index (χ1n) is 11.1. The summed E-state index contributed by atoms with van der Waals surface area (Å²) >= 11 is 0. The highest BCUT2D eigenvalue weighted by Crippen LogP contribution is 2.50. The van der Waals surface area contributed by atoms with E-state index in [1.807, 2.05) is 24.5 Å². The van der Waals surface area contributed by atoms with E-state index in [0.717, 1.165) is 39.3 Å². The molecule has 2 N–H and O–H groups in total. The van der Waals surface area contributed by atoms with Crippen molar-refractivity contribution in [3.05, 3.63) is 107 Å². The van der Waals surface area contributed by atoms with Crippen molar-refractivity contribution in [1.82, 2.24) is 15.0 Å². The highest BCUT2D eigenvalue weighted by atomic mass is 16.5. The molecule has 6 nitrogen and oxygen atoms in total. The fraction of sp³-hybridized carbons (Fsp3) is 0.185. The zero-order valence-electron chi connectivity index (χ0n) is 18.3. The number of rotatable bonds is 5. The molecule has 1 atom stereocenters. The molecule has 2 aliphatic rings. The number of fused-ring (bicyclic) bond motifs is 1. The number of aromatic nitrogens is 3. The van der Waals surface area contributed by atoms with Crippen LogP contribution in [-0.2, 0) is 5.54 Å². The fourth-order valence-electron chi connectivity index (χ4n) is 4.85. The number of aliphatic imine (C=N–C) groups is 1. The molecule has 2 aromatic heterocycles. The Morgan fingerprint density at radius 2 is 1.76 bits per heavy atom. The van der Waals surface area contributed by atoms with Gasteiger partial charge in [-0.05, 0) is 65.3 Å². The van der Waals surface area contributed by atoms with Gasteiger partial charge >= 0.3 is 0 Å². The lowest BCUT2D eigenvalue weighted by Crippen LogP contribution is -2.26. The summed E-state index contributed by atoms with van der Waals surface area (Å²) in [5, 5.41) is 0. The van der Waals surface area contributed by atoms with Crippen LogP contribution < -0.4 is 10.5 Å². The first-order valence-corrected chi connectivity index (χ1v) is 11.1. The normalized spacial score (nSPS) is 19.1. The molecular formula is C27H23N5O. The zero-order valence-corrected chi connectivity index (χ0v) is 18.3. The van der Waals surface area contributed by atoms with E-state index in [1.165, 1.54) is 24.7 Å². The number of nitrogens with zero attached hydrogens (tertiary/aromatic N) is 4. The first kappa shape index (κ1) is 19.6. The molecule has 1 aliphatic carbocycles. The molecule has 162 valence electrons. The van der Waals surface area contributed by atoms with Crippen LogP contribution >= 0.6 is 0 Å². The molecule has 6 heteroatoms.